The summed E-state index contributed by atoms with van der Waals surface area (Å²) in [5.74, 6) is 0. The van der Waals surface area contributed by atoms with Crippen LogP contribution < -0.4 is 0 Å². The fourth-order valence-electron chi connectivity index (χ4n) is 1.50. The molecule has 1 aliphatic rings. The minimum Gasteiger partial charge on any atom is -0.394 e. The summed E-state index contributed by atoms with van der Waals surface area (Å²) >= 11 is 0. The first-order valence-corrected chi connectivity index (χ1v) is 5.07. The summed E-state index contributed by atoms with van der Waals surface area (Å²) in [5.41, 5.74) is 0. The van der Waals surface area contributed by atoms with Crippen molar-refractivity contribution in [2.45, 2.75) is 43.7 Å². The molecule has 0 aliphatic carbocycles. The summed E-state index contributed by atoms with van der Waals surface area (Å²) in [4.78, 5) is 0. The van der Waals surface area contributed by atoms with Crippen LogP contribution in [0.5, 0.6) is 0 Å². The van der Waals surface area contributed by atoms with Crippen molar-refractivity contribution < 1.29 is 35.0 Å². The van der Waals surface area contributed by atoms with Crippen molar-refractivity contribution in [2.24, 2.45) is 0 Å². The molecule has 1 saturated heterocycles. The largest absolute Gasteiger partial charge is 0.394 e. The molecule has 1 heterocycles. The topological polar surface area (TPSA) is 120 Å². The zero-order valence-electron chi connectivity index (χ0n) is 8.93. The van der Waals surface area contributed by atoms with Gasteiger partial charge >= 0.3 is 0 Å². The Balaban J connectivity index is 2.57. The van der Waals surface area contributed by atoms with Gasteiger partial charge in [0, 0.05) is 0 Å². The third-order valence-corrected chi connectivity index (χ3v) is 2.37. The summed E-state index contributed by atoms with van der Waals surface area (Å²) in [7, 11) is 0. The molecule has 7 heteroatoms. The number of hydrogen-bond acceptors (Lipinski definition) is 7. The van der Waals surface area contributed by atoms with E-state index < -0.39 is 43.4 Å². The second kappa shape index (κ2) is 5.87. The lowest BCUT2D eigenvalue weighted by molar-refractivity contribution is -0.298. The van der Waals surface area contributed by atoms with Gasteiger partial charge in [-0.05, 0) is 6.92 Å². The normalized spacial score (nSPS) is 42.0. The maximum absolute atomic E-state index is 9.61. The molecule has 0 saturated carbocycles. The molecule has 16 heavy (non-hydrogen) atoms. The van der Waals surface area contributed by atoms with Crippen LogP contribution in [0, 0.1) is 0 Å². The lowest BCUT2D eigenvalue weighted by Gasteiger charge is -2.39. The van der Waals surface area contributed by atoms with Crippen LogP contribution in [0.4, 0.5) is 0 Å². The molecule has 5 N–H and O–H groups in total. The number of ether oxygens (including phenoxy) is 2. The van der Waals surface area contributed by atoms with E-state index in [0.717, 1.165) is 0 Å². The van der Waals surface area contributed by atoms with Crippen molar-refractivity contribution in [1.29, 1.82) is 0 Å². The molecule has 0 amide bonds. The quantitative estimate of drug-likeness (QED) is 0.358. The van der Waals surface area contributed by atoms with Gasteiger partial charge in [0.1, 0.15) is 24.4 Å². The molecule has 0 spiro atoms. The summed E-state index contributed by atoms with van der Waals surface area (Å²) in [6, 6.07) is 0. The average molecular weight is 238 g/mol. The molecule has 1 aliphatic heterocycles. The van der Waals surface area contributed by atoms with Crippen molar-refractivity contribution in [2.75, 3.05) is 13.2 Å². The molecule has 6 atom stereocenters. The Hall–Kier alpha value is -0.280. The Morgan fingerprint density at radius 2 is 1.88 bits per heavy atom. The van der Waals surface area contributed by atoms with E-state index in [1.807, 2.05) is 0 Å². The monoisotopic (exact) mass is 238 g/mol. The van der Waals surface area contributed by atoms with Gasteiger partial charge in [0.05, 0.1) is 19.3 Å². The predicted octanol–water partition coefficient (Wildman–Crippen LogP) is -2.82. The molecule has 96 valence electrons. The third-order valence-electron chi connectivity index (χ3n) is 2.37. The van der Waals surface area contributed by atoms with Crippen molar-refractivity contribution in [3.63, 3.8) is 0 Å². The number of rotatable bonds is 4. The highest BCUT2D eigenvalue weighted by Gasteiger charge is 2.44. The molecule has 0 aromatic carbocycles. The van der Waals surface area contributed by atoms with Crippen LogP contribution in [0.1, 0.15) is 6.92 Å². The third kappa shape index (κ3) is 3.11. The van der Waals surface area contributed by atoms with Gasteiger partial charge in [0.2, 0.25) is 0 Å². The molecule has 0 aromatic heterocycles. The molecule has 0 aromatic rings. The summed E-state index contributed by atoms with van der Waals surface area (Å²) in [5, 5.41) is 46.4. The predicted molar refractivity (Wildman–Crippen MR) is 51.4 cm³/mol. The van der Waals surface area contributed by atoms with E-state index in [0.29, 0.717) is 0 Å². The van der Waals surface area contributed by atoms with Crippen molar-refractivity contribution in [1.82, 2.24) is 0 Å². The second-order valence-electron chi connectivity index (χ2n) is 3.88. The standard InChI is InChI=1S/C9H18O7/c1-4(11)3-15-8-7(13)6(12)5(2-10)16-9(8)14/h4-14H,2-3H2,1H3/t4?,5-,6+,7+,8-,9-/m1/s1. The van der Waals surface area contributed by atoms with E-state index >= 15 is 0 Å². The lowest BCUT2D eigenvalue weighted by Crippen LogP contribution is -2.59. The smallest absolute Gasteiger partial charge is 0.184 e. The minimum absolute atomic E-state index is 0.0986. The van der Waals surface area contributed by atoms with Gasteiger partial charge in [-0.3, -0.25) is 0 Å². The fraction of sp³-hybridized carbons (Fsp3) is 1.00. The summed E-state index contributed by atoms with van der Waals surface area (Å²) in [6.07, 6.45) is -7.11. The van der Waals surface area contributed by atoms with Crippen LogP contribution >= 0.6 is 0 Å². The van der Waals surface area contributed by atoms with E-state index in [1.165, 1.54) is 6.92 Å². The number of hydrogen-bond donors (Lipinski definition) is 5. The Kier molecular flexibility index (Phi) is 5.06. The number of aliphatic hydroxyl groups is 5. The fourth-order valence-corrected chi connectivity index (χ4v) is 1.50. The number of aliphatic hydroxyl groups excluding tert-OH is 5. The molecular formula is C9H18O7. The van der Waals surface area contributed by atoms with Crippen LogP contribution in [0.3, 0.4) is 0 Å². The van der Waals surface area contributed by atoms with Gasteiger partial charge in [-0.2, -0.15) is 0 Å². The zero-order chi connectivity index (χ0) is 12.3. The first-order valence-electron chi connectivity index (χ1n) is 5.07. The molecule has 7 nitrogen and oxygen atoms in total. The van der Waals surface area contributed by atoms with Crippen molar-refractivity contribution in [3.05, 3.63) is 0 Å². The Labute approximate surface area is 92.9 Å². The van der Waals surface area contributed by atoms with Crippen LogP contribution in [-0.4, -0.2) is 75.6 Å². The molecule has 0 bridgehead atoms. The van der Waals surface area contributed by atoms with Crippen LogP contribution in [0.25, 0.3) is 0 Å². The van der Waals surface area contributed by atoms with Gasteiger partial charge in [0.25, 0.3) is 0 Å². The highest BCUT2D eigenvalue weighted by Crippen LogP contribution is 2.22. The molecule has 1 unspecified atom stereocenters. The minimum atomic E-state index is -1.45. The van der Waals surface area contributed by atoms with Crippen LogP contribution in [-0.2, 0) is 9.47 Å². The van der Waals surface area contributed by atoms with Gasteiger partial charge in [-0.1, -0.05) is 0 Å². The van der Waals surface area contributed by atoms with E-state index in [9.17, 15) is 15.3 Å². The van der Waals surface area contributed by atoms with Gasteiger partial charge in [0.15, 0.2) is 6.29 Å². The SMILES string of the molecule is CC(O)CO[C@@H]1[C@@H](O)[C@@H](O)[C@@H](CO)O[C@H]1O. The first-order chi connectivity index (χ1) is 7.47. The van der Waals surface area contributed by atoms with E-state index in [2.05, 4.69) is 0 Å². The summed E-state index contributed by atoms with van der Waals surface area (Å²) < 4.78 is 9.87. The molecule has 1 fully saturated rings. The van der Waals surface area contributed by atoms with E-state index in [4.69, 9.17) is 19.7 Å². The van der Waals surface area contributed by atoms with Gasteiger partial charge < -0.3 is 35.0 Å². The Bertz CT molecular complexity index is 210. The van der Waals surface area contributed by atoms with Gasteiger partial charge in [-0.15, -0.1) is 0 Å². The zero-order valence-corrected chi connectivity index (χ0v) is 8.93. The average Bonchev–Trinajstić information content (AvgIpc) is 2.22. The first kappa shape index (κ1) is 13.8. The van der Waals surface area contributed by atoms with E-state index in [1.54, 1.807) is 0 Å². The van der Waals surface area contributed by atoms with Crippen molar-refractivity contribution in [3.8, 4) is 0 Å². The maximum atomic E-state index is 9.61. The van der Waals surface area contributed by atoms with E-state index in [-0.39, 0.29) is 6.61 Å². The van der Waals surface area contributed by atoms with Crippen molar-refractivity contribution >= 4 is 0 Å². The molecule has 1 rings (SSSR count). The molecule has 0 radical (unpaired) electrons. The highest BCUT2D eigenvalue weighted by atomic mass is 16.7. The second-order valence-corrected chi connectivity index (χ2v) is 3.88. The molecular weight excluding hydrogens is 220 g/mol. The Morgan fingerprint density at radius 3 is 2.38 bits per heavy atom. The van der Waals surface area contributed by atoms with Gasteiger partial charge in [-0.25, -0.2) is 0 Å². The maximum Gasteiger partial charge on any atom is 0.184 e. The highest BCUT2D eigenvalue weighted by molar-refractivity contribution is 4.89. The lowest BCUT2D eigenvalue weighted by atomic mass is 9.99. The van der Waals surface area contributed by atoms with Crippen LogP contribution in [0.15, 0.2) is 0 Å². The Morgan fingerprint density at radius 1 is 1.25 bits per heavy atom. The van der Waals surface area contributed by atoms with Crippen LogP contribution in [0.2, 0.25) is 0 Å². The summed E-state index contributed by atoms with van der Waals surface area (Å²) in [6.45, 7) is 0.868.